The van der Waals surface area contributed by atoms with Gasteiger partial charge >= 0.3 is 0 Å². The topological polar surface area (TPSA) is 98.7 Å². The van der Waals surface area contributed by atoms with Crippen LogP contribution in [0, 0.1) is 0 Å². The summed E-state index contributed by atoms with van der Waals surface area (Å²) >= 11 is 0. The quantitative estimate of drug-likeness (QED) is 0.0524. The SMILES string of the molecule is CCCCCCCCCC(O)CCCCCCCC(=O)NCc1cccc(CNC(=O)CCCCCCCC(O)CCCCCCCCC)c1. The molecule has 1 rings (SSSR count). The monoisotopic (exact) mass is 701 g/mol. The maximum Gasteiger partial charge on any atom is 0.220 e. The van der Waals surface area contributed by atoms with Gasteiger partial charge in [0.25, 0.3) is 0 Å². The van der Waals surface area contributed by atoms with Gasteiger partial charge < -0.3 is 20.8 Å². The second kappa shape index (κ2) is 34.2. The number of hydrogen-bond acceptors (Lipinski definition) is 4. The van der Waals surface area contributed by atoms with Crippen molar-refractivity contribution < 1.29 is 19.8 Å². The van der Waals surface area contributed by atoms with E-state index in [0.29, 0.717) is 25.9 Å². The predicted molar refractivity (Wildman–Crippen MR) is 212 cm³/mol. The molecule has 0 aliphatic carbocycles. The fraction of sp³-hybridized carbons (Fsp3) is 0.818. The Kier molecular flexibility index (Phi) is 31.5. The summed E-state index contributed by atoms with van der Waals surface area (Å²) in [5.74, 6) is 0.182. The van der Waals surface area contributed by atoms with Gasteiger partial charge in [-0.1, -0.05) is 179 Å². The average molecular weight is 701 g/mol. The van der Waals surface area contributed by atoms with Crippen molar-refractivity contribution in [3.8, 4) is 0 Å². The smallest absolute Gasteiger partial charge is 0.220 e. The molecule has 1 aromatic rings. The van der Waals surface area contributed by atoms with Crippen LogP contribution in [-0.4, -0.2) is 34.2 Å². The van der Waals surface area contributed by atoms with E-state index in [9.17, 15) is 19.8 Å². The van der Waals surface area contributed by atoms with Gasteiger partial charge in [-0.15, -0.1) is 0 Å². The molecule has 0 fully saturated rings. The van der Waals surface area contributed by atoms with Crippen LogP contribution in [-0.2, 0) is 22.7 Å². The highest BCUT2D eigenvalue weighted by Gasteiger charge is 2.07. The number of amides is 2. The number of carbonyl (C=O) groups is 2. The van der Waals surface area contributed by atoms with Gasteiger partial charge in [-0.2, -0.15) is 0 Å². The molecule has 0 spiro atoms. The predicted octanol–water partition coefficient (Wildman–Crippen LogP) is 11.4. The van der Waals surface area contributed by atoms with Gasteiger partial charge in [0, 0.05) is 25.9 Å². The van der Waals surface area contributed by atoms with Crippen LogP contribution in [0.4, 0.5) is 0 Å². The molecule has 290 valence electrons. The lowest BCUT2D eigenvalue weighted by atomic mass is 10.0. The van der Waals surface area contributed by atoms with Crippen LogP contribution >= 0.6 is 0 Å². The molecule has 0 aromatic heterocycles. The number of benzene rings is 1. The zero-order valence-electron chi connectivity index (χ0n) is 32.8. The summed E-state index contributed by atoms with van der Waals surface area (Å²) in [6.07, 6.45) is 33.2. The van der Waals surface area contributed by atoms with Crippen molar-refractivity contribution in [2.45, 2.75) is 232 Å². The maximum atomic E-state index is 12.4. The van der Waals surface area contributed by atoms with Crippen molar-refractivity contribution in [2.75, 3.05) is 0 Å². The van der Waals surface area contributed by atoms with Gasteiger partial charge in [0.15, 0.2) is 0 Å². The van der Waals surface area contributed by atoms with E-state index in [-0.39, 0.29) is 24.0 Å². The van der Waals surface area contributed by atoms with Gasteiger partial charge in [-0.25, -0.2) is 0 Å². The van der Waals surface area contributed by atoms with Crippen molar-refractivity contribution in [1.29, 1.82) is 0 Å². The van der Waals surface area contributed by atoms with Crippen LogP contribution in [0.15, 0.2) is 24.3 Å². The Labute approximate surface area is 308 Å². The van der Waals surface area contributed by atoms with E-state index in [1.54, 1.807) is 0 Å². The van der Waals surface area contributed by atoms with Crippen LogP contribution in [0.25, 0.3) is 0 Å². The summed E-state index contributed by atoms with van der Waals surface area (Å²) in [6.45, 7) is 5.51. The molecule has 50 heavy (non-hydrogen) atoms. The summed E-state index contributed by atoms with van der Waals surface area (Å²) in [4.78, 5) is 24.8. The normalized spacial score (nSPS) is 12.6. The molecule has 0 radical (unpaired) electrons. The molecule has 4 N–H and O–H groups in total. The summed E-state index contributed by atoms with van der Waals surface area (Å²) in [5.41, 5.74) is 2.10. The van der Waals surface area contributed by atoms with E-state index in [4.69, 9.17) is 0 Å². The molecule has 0 saturated carbocycles. The van der Waals surface area contributed by atoms with Crippen LogP contribution in [0.1, 0.15) is 218 Å². The molecule has 0 aliphatic rings. The lowest BCUT2D eigenvalue weighted by molar-refractivity contribution is -0.122. The number of hydrogen-bond donors (Lipinski definition) is 4. The first-order valence-corrected chi connectivity index (χ1v) is 21.4. The average Bonchev–Trinajstić information content (AvgIpc) is 3.11. The molecule has 0 bridgehead atoms. The fourth-order valence-corrected chi connectivity index (χ4v) is 6.78. The van der Waals surface area contributed by atoms with E-state index in [1.807, 2.05) is 18.2 Å². The van der Waals surface area contributed by atoms with Crippen LogP contribution in [0.5, 0.6) is 0 Å². The summed E-state index contributed by atoms with van der Waals surface area (Å²) in [7, 11) is 0. The number of aliphatic hydroxyl groups is 2. The molecule has 2 unspecified atom stereocenters. The number of nitrogens with one attached hydrogen (secondary N) is 2. The Hall–Kier alpha value is -1.92. The Morgan fingerprint density at radius 2 is 0.780 bits per heavy atom. The second-order valence-electron chi connectivity index (χ2n) is 15.1. The molecule has 0 heterocycles. The minimum atomic E-state index is -0.146. The highest BCUT2D eigenvalue weighted by molar-refractivity contribution is 5.76. The summed E-state index contributed by atoms with van der Waals surface area (Å²) in [5, 5.41) is 26.5. The van der Waals surface area contributed by atoms with Crippen LogP contribution in [0.3, 0.4) is 0 Å². The number of rotatable bonds is 36. The highest BCUT2D eigenvalue weighted by Crippen LogP contribution is 2.16. The maximum absolute atomic E-state index is 12.4. The van der Waals surface area contributed by atoms with Crippen molar-refractivity contribution >= 4 is 11.8 Å². The van der Waals surface area contributed by atoms with E-state index in [2.05, 4.69) is 30.5 Å². The first kappa shape index (κ1) is 46.1. The standard InChI is InChI=1S/C44H80N2O4/c1-3-5-7-9-11-15-21-30-41(47)32-23-17-13-19-25-34-43(49)45-37-39-28-27-29-40(36-39)38-46-44(50)35-26-20-14-18-24-33-42(48)31-22-16-12-10-8-6-4-2/h27-29,36,41-42,47-48H,3-26,30-35,37-38H2,1-2H3,(H,45,49)(H,46,50). The zero-order chi connectivity index (χ0) is 36.3. The second-order valence-corrected chi connectivity index (χ2v) is 15.1. The van der Waals surface area contributed by atoms with Gasteiger partial charge in [-0.05, 0) is 49.7 Å². The number of unbranched alkanes of at least 4 members (excludes halogenated alkanes) is 20. The van der Waals surface area contributed by atoms with E-state index < -0.39 is 0 Å². The summed E-state index contributed by atoms with van der Waals surface area (Å²) in [6, 6.07) is 8.08. The number of carbonyl (C=O) groups excluding carboxylic acids is 2. The van der Waals surface area contributed by atoms with Crippen LogP contribution < -0.4 is 10.6 Å². The molecule has 6 heteroatoms. The molecular formula is C44H80N2O4. The lowest BCUT2D eigenvalue weighted by Crippen LogP contribution is -2.23. The molecule has 0 aliphatic heterocycles. The van der Waals surface area contributed by atoms with Crippen molar-refractivity contribution in [3.05, 3.63) is 35.4 Å². The molecular weight excluding hydrogens is 620 g/mol. The zero-order valence-corrected chi connectivity index (χ0v) is 32.8. The Morgan fingerprint density at radius 1 is 0.480 bits per heavy atom. The number of aliphatic hydroxyl groups excluding tert-OH is 2. The molecule has 1 aromatic carbocycles. The van der Waals surface area contributed by atoms with Gasteiger partial charge in [0.1, 0.15) is 0 Å². The first-order chi connectivity index (χ1) is 24.4. The Balaban J connectivity index is 2.00. The lowest BCUT2D eigenvalue weighted by Gasteiger charge is -2.10. The van der Waals surface area contributed by atoms with Crippen LogP contribution in [0.2, 0.25) is 0 Å². The van der Waals surface area contributed by atoms with E-state index >= 15 is 0 Å². The highest BCUT2D eigenvalue weighted by atomic mass is 16.3. The van der Waals surface area contributed by atoms with Gasteiger partial charge in [-0.3, -0.25) is 9.59 Å². The van der Waals surface area contributed by atoms with E-state index in [1.165, 1.54) is 77.0 Å². The van der Waals surface area contributed by atoms with Gasteiger partial charge in [0.05, 0.1) is 12.2 Å². The van der Waals surface area contributed by atoms with Crippen molar-refractivity contribution in [3.63, 3.8) is 0 Å². The summed E-state index contributed by atoms with van der Waals surface area (Å²) < 4.78 is 0. The van der Waals surface area contributed by atoms with Crippen molar-refractivity contribution in [2.24, 2.45) is 0 Å². The fourth-order valence-electron chi connectivity index (χ4n) is 6.78. The molecule has 6 nitrogen and oxygen atoms in total. The third-order valence-electron chi connectivity index (χ3n) is 10.1. The van der Waals surface area contributed by atoms with Gasteiger partial charge in [0.2, 0.25) is 11.8 Å². The minimum absolute atomic E-state index is 0.0912. The van der Waals surface area contributed by atoms with Crippen molar-refractivity contribution in [1.82, 2.24) is 10.6 Å². The first-order valence-electron chi connectivity index (χ1n) is 21.4. The minimum Gasteiger partial charge on any atom is -0.393 e. The Morgan fingerprint density at radius 3 is 1.12 bits per heavy atom. The molecule has 2 amide bonds. The molecule has 2 atom stereocenters. The third kappa shape index (κ3) is 29.8. The molecule has 0 saturated heterocycles. The Bertz CT molecular complexity index is 854. The largest absolute Gasteiger partial charge is 0.393 e. The third-order valence-corrected chi connectivity index (χ3v) is 10.1. The van der Waals surface area contributed by atoms with E-state index in [0.717, 1.165) is 114 Å².